The first-order chi connectivity index (χ1) is 7.26. The fourth-order valence-corrected chi connectivity index (χ4v) is 1.80. The van der Waals surface area contributed by atoms with Crippen molar-refractivity contribution >= 4 is 0 Å². The summed E-state index contributed by atoms with van der Waals surface area (Å²) in [6.07, 6.45) is 0.795. The van der Waals surface area contributed by atoms with Crippen LogP contribution in [0.3, 0.4) is 0 Å². The third kappa shape index (κ3) is 3.32. The summed E-state index contributed by atoms with van der Waals surface area (Å²) in [5, 5.41) is 10.1. The minimum atomic E-state index is -0.805. The maximum absolute atomic E-state index is 10.1. The number of hydrogen-bond donors (Lipinski definition) is 1. The van der Waals surface area contributed by atoms with Crippen molar-refractivity contribution in [3.8, 4) is 0 Å². The summed E-state index contributed by atoms with van der Waals surface area (Å²) < 4.78 is 5.43. The van der Waals surface area contributed by atoms with Gasteiger partial charge in [0, 0.05) is 13.5 Å². The highest BCUT2D eigenvalue weighted by Crippen LogP contribution is 2.27. The summed E-state index contributed by atoms with van der Waals surface area (Å²) in [5.74, 6) is 0. The van der Waals surface area contributed by atoms with Crippen LogP contribution >= 0.6 is 0 Å². The van der Waals surface area contributed by atoms with E-state index in [-0.39, 0.29) is 5.60 Å². The largest absolute Gasteiger partial charge is 0.386 e. The van der Waals surface area contributed by atoms with E-state index < -0.39 is 5.60 Å². The first-order valence-electron chi connectivity index (χ1n) is 5.62. The van der Waals surface area contributed by atoms with Crippen molar-refractivity contribution in [3.63, 3.8) is 0 Å². The number of hydrogen-bond acceptors (Lipinski definition) is 2. The molecule has 0 fully saturated rings. The molecule has 0 aliphatic carbocycles. The zero-order valence-electron chi connectivity index (χ0n) is 10.9. The van der Waals surface area contributed by atoms with E-state index in [1.807, 2.05) is 52.0 Å². The molecule has 1 N–H and O–H groups in total. The predicted octanol–water partition coefficient (Wildman–Crippen LogP) is 2.88. The first-order valence-corrected chi connectivity index (χ1v) is 5.62. The number of rotatable bonds is 4. The maximum atomic E-state index is 10.1. The Kier molecular flexibility index (Phi) is 3.76. The Morgan fingerprint density at radius 3 is 2.19 bits per heavy atom. The molecule has 2 heteroatoms. The molecule has 0 heterocycles. The van der Waals surface area contributed by atoms with Gasteiger partial charge in [0.25, 0.3) is 0 Å². The van der Waals surface area contributed by atoms with Gasteiger partial charge in [-0.05, 0) is 38.8 Å². The van der Waals surface area contributed by atoms with Crippen molar-refractivity contribution in [1.82, 2.24) is 0 Å². The van der Waals surface area contributed by atoms with Crippen LogP contribution in [0.4, 0.5) is 0 Å². The van der Waals surface area contributed by atoms with E-state index in [2.05, 4.69) is 0 Å². The fraction of sp³-hybridized carbons (Fsp3) is 0.571. The van der Waals surface area contributed by atoms with Crippen LogP contribution in [0.2, 0.25) is 0 Å². The second kappa shape index (κ2) is 4.56. The smallest absolute Gasteiger partial charge is 0.0843 e. The molecule has 0 aromatic heterocycles. The Bertz CT molecular complexity index is 348. The van der Waals surface area contributed by atoms with E-state index in [9.17, 15) is 5.11 Å². The van der Waals surface area contributed by atoms with Crippen molar-refractivity contribution in [2.45, 2.75) is 45.3 Å². The zero-order valence-corrected chi connectivity index (χ0v) is 10.9. The number of benzene rings is 1. The molecule has 16 heavy (non-hydrogen) atoms. The molecule has 0 unspecified atom stereocenters. The van der Waals surface area contributed by atoms with Crippen LogP contribution in [0.15, 0.2) is 24.3 Å². The monoisotopic (exact) mass is 222 g/mol. The summed E-state index contributed by atoms with van der Waals surface area (Å²) in [7, 11) is 1.71. The van der Waals surface area contributed by atoms with Gasteiger partial charge in [0.2, 0.25) is 0 Å². The highest BCUT2D eigenvalue weighted by Gasteiger charge is 2.24. The van der Waals surface area contributed by atoms with Crippen LogP contribution in [0.5, 0.6) is 0 Å². The third-order valence-corrected chi connectivity index (χ3v) is 2.85. The standard InChI is InChI=1S/C14H22O2/c1-13(2,16-5)10-11-8-6-7-9-12(11)14(3,4)15/h6-9,15H,10H2,1-5H3. The van der Waals surface area contributed by atoms with Gasteiger partial charge in [0.15, 0.2) is 0 Å². The van der Waals surface area contributed by atoms with Crippen molar-refractivity contribution in [2.24, 2.45) is 0 Å². The van der Waals surface area contributed by atoms with E-state index in [1.165, 1.54) is 0 Å². The molecule has 0 spiro atoms. The third-order valence-electron chi connectivity index (χ3n) is 2.85. The van der Waals surface area contributed by atoms with Gasteiger partial charge in [-0.15, -0.1) is 0 Å². The number of ether oxygens (including phenoxy) is 1. The van der Waals surface area contributed by atoms with Crippen molar-refractivity contribution < 1.29 is 9.84 Å². The highest BCUT2D eigenvalue weighted by atomic mass is 16.5. The van der Waals surface area contributed by atoms with Crippen LogP contribution in [0, 0.1) is 0 Å². The molecular formula is C14H22O2. The van der Waals surface area contributed by atoms with Gasteiger partial charge in [0.1, 0.15) is 0 Å². The van der Waals surface area contributed by atoms with Gasteiger partial charge < -0.3 is 9.84 Å². The molecule has 0 saturated heterocycles. The van der Waals surface area contributed by atoms with Gasteiger partial charge in [-0.2, -0.15) is 0 Å². The Labute approximate surface area is 98.3 Å². The Balaban J connectivity index is 3.06. The molecule has 1 aromatic rings. The minimum Gasteiger partial charge on any atom is -0.386 e. The van der Waals surface area contributed by atoms with Crippen molar-refractivity contribution in [3.05, 3.63) is 35.4 Å². The lowest BCUT2D eigenvalue weighted by Gasteiger charge is -2.27. The zero-order chi connectivity index (χ0) is 12.4. The number of aliphatic hydroxyl groups is 1. The van der Waals surface area contributed by atoms with Crippen LogP contribution in [0.25, 0.3) is 0 Å². The molecule has 90 valence electrons. The van der Waals surface area contributed by atoms with Gasteiger partial charge in [0.05, 0.1) is 11.2 Å². The van der Waals surface area contributed by atoms with Gasteiger partial charge in [-0.3, -0.25) is 0 Å². The summed E-state index contributed by atoms with van der Waals surface area (Å²) in [6, 6.07) is 7.97. The normalized spacial score (nSPS) is 12.9. The summed E-state index contributed by atoms with van der Waals surface area (Å²) in [6.45, 7) is 7.72. The number of methoxy groups -OCH3 is 1. The van der Waals surface area contributed by atoms with E-state index >= 15 is 0 Å². The molecule has 2 nitrogen and oxygen atoms in total. The topological polar surface area (TPSA) is 29.5 Å². The maximum Gasteiger partial charge on any atom is 0.0843 e. The molecule has 0 radical (unpaired) electrons. The lowest BCUT2D eigenvalue weighted by molar-refractivity contribution is 0.0213. The van der Waals surface area contributed by atoms with Crippen LogP contribution in [-0.2, 0) is 16.8 Å². The minimum absolute atomic E-state index is 0.207. The van der Waals surface area contributed by atoms with Gasteiger partial charge >= 0.3 is 0 Å². The first kappa shape index (κ1) is 13.2. The predicted molar refractivity (Wildman–Crippen MR) is 66.5 cm³/mol. The summed E-state index contributed by atoms with van der Waals surface area (Å²) in [5.41, 5.74) is 1.10. The Morgan fingerprint density at radius 2 is 1.69 bits per heavy atom. The fourth-order valence-electron chi connectivity index (χ4n) is 1.80. The Morgan fingerprint density at radius 1 is 1.12 bits per heavy atom. The second-order valence-corrected chi connectivity index (χ2v) is 5.36. The molecule has 0 aliphatic heterocycles. The average molecular weight is 222 g/mol. The molecular weight excluding hydrogens is 200 g/mol. The van der Waals surface area contributed by atoms with E-state index in [0.717, 1.165) is 17.5 Å². The molecule has 0 atom stereocenters. The van der Waals surface area contributed by atoms with Crippen LogP contribution < -0.4 is 0 Å². The Hall–Kier alpha value is -0.860. The SMILES string of the molecule is COC(C)(C)Cc1ccccc1C(C)(C)O. The highest BCUT2D eigenvalue weighted by molar-refractivity contribution is 5.32. The lowest BCUT2D eigenvalue weighted by Crippen LogP contribution is -2.28. The molecule has 0 saturated carbocycles. The molecule has 0 aliphatic rings. The summed E-state index contributed by atoms with van der Waals surface area (Å²) >= 11 is 0. The van der Waals surface area contributed by atoms with Crippen LogP contribution in [0.1, 0.15) is 38.8 Å². The van der Waals surface area contributed by atoms with E-state index in [4.69, 9.17) is 4.74 Å². The van der Waals surface area contributed by atoms with E-state index in [0.29, 0.717) is 0 Å². The van der Waals surface area contributed by atoms with Crippen LogP contribution in [-0.4, -0.2) is 17.8 Å². The lowest BCUT2D eigenvalue weighted by atomic mass is 9.87. The van der Waals surface area contributed by atoms with E-state index in [1.54, 1.807) is 7.11 Å². The van der Waals surface area contributed by atoms with Crippen molar-refractivity contribution in [1.29, 1.82) is 0 Å². The van der Waals surface area contributed by atoms with Gasteiger partial charge in [-0.1, -0.05) is 24.3 Å². The average Bonchev–Trinajstić information content (AvgIpc) is 2.16. The molecule has 1 aromatic carbocycles. The summed E-state index contributed by atoms with van der Waals surface area (Å²) in [4.78, 5) is 0. The second-order valence-electron chi connectivity index (χ2n) is 5.36. The molecule has 0 amide bonds. The molecule has 1 rings (SSSR count). The van der Waals surface area contributed by atoms with Gasteiger partial charge in [-0.25, -0.2) is 0 Å². The molecule has 0 bridgehead atoms. The quantitative estimate of drug-likeness (QED) is 0.848. The van der Waals surface area contributed by atoms with Crippen molar-refractivity contribution in [2.75, 3.05) is 7.11 Å².